The van der Waals surface area contributed by atoms with Crippen LogP contribution in [0.4, 0.5) is 48.3 Å². The van der Waals surface area contributed by atoms with Crippen LogP contribution in [0.15, 0.2) is 117 Å². The number of aromatic nitrogens is 14. The van der Waals surface area contributed by atoms with Gasteiger partial charge in [-0.3, -0.25) is 34.3 Å². The summed E-state index contributed by atoms with van der Waals surface area (Å²) < 4.78 is 145. The molecule has 2 aromatic carbocycles. The van der Waals surface area contributed by atoms with Gasteiger partial charge in [-0.15, -0.1) is 4.80 Å². The van der Waals surface area contributed by atoms with E-state index >= 15 is 0 Å². The maximum absolute atomic E-state index is 15.0. The topological polar surface area (TPSA) is 233 Å². The predicted octanol–water partition coefficient (Wildman–Crippen LogP) is 12.6. The molecule has 7 aromatic heterocycles. The standard InChI is InChI=1S/C24H21F4N5O.C24H23F3N6O.C22H20F4N6O/c1-13-3-5-17(25)21(22-29-7-2-8-30-22)20(13)23(34)33-16-4-6-18(33)14(10-16)9-15-11-32-19(12-31-15)24(26,27)28;1-13-10-32-21(20(14(13)2)22-28-6-3-7-29-22)23(34)33-17-4-5-18(33)15(9-17)8-16-11-31-19(12-30-16)24(25,26)27;1-12-2-4-16(20(19(12)23)32-29-6-7-30-32)21(33)31-15-3-5-17(31)13(9-15)8-14-10-28-18(11-27-14)22(24,25)26/h2-3,5,7-8,11-12,14,16,18H,4,6,9-10H2,1H3;3,6-7,10-12,15,17-18H,4-5,8-9H2,1-2H3;2,4,6-7,10-11,13,15,17H,3,5,8-9H2,1H3. The molecule has 6 saturated heterocycles. The van der Waals surface area contributed by atoms with E-state index in [2.05, 4.69) is 65.0 Å². The van der Waals surface area contributed by atoms with Gasteiger partial charge in [-0.05, 0) is 169 Å². The smallest absolute Gasteiger partial charge is 0.332 e. The minimum Gasteiger partial charge on any atom is -0.332 e. The van der Waals surface area contributed by atoms with E-state index in [0.29, 0.717) is 77.4 Å². The first kappa shape index (κ1) is 69.3. The van der Waals surface area contributed by atoms with Gasteiger partial charge in [0.05, 0.1) is 70.3 Å². The van der Waals surface area contributed by atoms with Crippen molar-refractivity contribution >= 4 is 17.7 Å². The quantitative estimate of drug-likeness (QED) is 0.103. The molecule has 9 aromatic rings. The SMILES string of the molecule is Cc1ccc(C(=O)N2C3CCC2C(Cc2cnc(C(F)(F)F)cn2)C3)c(-n2nccn2)c1F.Cc1ccc(F)c(-c2ncccn2)c1C(=O)N1C2CCC1C(Cc1cnc(C(F)(F)F)cn1)C2.Cc1cnc(C(=O)N2C3CCC2C(Cc2cnc(C(F)(F)F)cn2)C3)c(-c2ncccn2)c1C. The molecule has 0 aliphatic carbocycles. The Hall–Kier alpha value is -10.2. The van der Waals surface area contributed by atoms with Gasteiger partial charge in [0.1, 0.15) is 17.2 Å². The Balaban J connectivity index is 0.000000135. The second kappa shape index (κ2) is 27.7. The third-order valence-electron chi connectivity index (χ3n) is 20.2. The molecule has 6 aliphatic rings. The van der Waals surface area contributed by atoms with Crippen molar-refractivity contribution in [2.75, 3.05) is 0 Å². The zero-order valence-corrected chi connectivity index (χ0v) is 54.6. The largest absolute Gasteiger partial charge is 0.434 e. The highest BCUT2D eigenvalue weighted by Gasteiger charge is 2.52. The Morgan fingerprint density at radius 1 is 0.436 bits per heavy atom. The average Bonchev–Trinajstić information content (AvgIpc) is 1.68. The molecule has 6 fully saturated rings. The Bertz CT molecular complexity index is 4480. The van der Waals surface area contributed by atoms with Crippen LogP contribution >= 0.6 is 0 Å². The lowest BCUT2D eigenvalue weighted by molar-refractivity contribution is -0.142. The molecule has 0 N–H and O–H groups in total. The number of pyridine rings is 1. The molecule has 0 radical (unpaired) electrons. The summed E-state index contributed by atoms with van der Waals surface area (Å²) >= 11 is 0. The molecule has 13 heterocycles. The summed E-state index contributed by atoms with van der Waals surface area (Å²) in [4.78, 5) is 91.6. The minimum atomic E-state index is -4.54. The fourth-order valence-corrected chi connectivity index (χ4v) is 15.5. The number of carbonyl (C=O) groups excluding carboxylic acids is 3. The van der Waals surface area contributed by atoms with E-state index in [0.717, 1.165) is 91.9 Å². The van der Waals surface area contributed by atoms with E-state index in [1.54, 1.807) is 67.7 Å². The van der Waals surface area contributed by atoms with Crippen molar-refractivity contribution in [2.45, 2.75) is 160 Å². The second-order valence-corrected chi connectivity index (χ2v) is 26.3. The monoisotopic (exact) mass is 1400 g/mol. The van der Waals surface area contributed by atoms with Crippen LogP contribution in [0.3, 0.4) is 0 Å². The zero-order valence-electron chi connectivity index (χ0n) is 54.6. The molecule has 524 valence electrons. The van der Waals surface area contributed by atoms with Crippen molar-refractivity contribution in [1.29, 1.82) is 0 Å². The van der Waals surface area contributed by atoms with E-state index < -0.39 is 47.2 Å². The van der Waals surface area contributed by atoms with Gasteiger partial charge in [0.2, 0.25) is 0 Å². The van der Waals surface area contributed by atoms with Crippen molar-refractivity contribution in [3.8, 4) is 28.5 Å². The van der Waals surface area contributed by atoms with Crippen LogP contribution in [-0.4, -0.2) is 138 Å². The lowest BCUT2D eigenvalue weighted by atomic mass is 9.86. The molecule has 3 amide bonds. The van der Waals surface area contributed by atoms with Crippen LogP contribution in [0.25, 0.3) is 28.5 Å². The summed E-state index contributed by atoms with van der Waals surface area (Å²) in [6.07, 6.45) is 11.4. The number of aryl methyl sites for hydroxylation is 3. The van der Waals surface area contributed by atoms with Gasteiger partial charge in [-0.25, -0.2) is 43.7 Å². The van der Waals surface area contributed by atoms with Crippen LogP contribution < -0.4 is 0 Å². The summed E-state index contributed by atoms with van der Waals surface area (Å²) in [7, 11) is 0. The third kappa shape index (κ3) is 13.9. The van der Waals surface area contributed by atoms with Gasteiger partial charge in [-0.2, -0.15) is 49.7 Å². The molecule has 9 unspecified atom stereocenters. The number of benzene rings is 2. The third-order valence-corrected chi connectivity index (χ3v) is 20.2. The van der Waals surface area contributed by atoms with Crippen molar-refractivity contribution in [1.82, 2.24) is 84.5 Å². The van der Waals surface area contributed by atoms with Crippen LogP contribution in [0.1, 0.15) is 145 Å². The van der Waals surface area contributed by atoms with Crippen molar-refractivity contribution in [3.05, 3.63) is 202 Å². The molecule has 15 rings (SSSR count). The molecule has 31 heteroatoms. The van der Waals surface area contributed by atoms with Gasteiger partial charge in [0, 0.05) is 85.8 Å². The molecular formula is C70H64F11N17O3. The zero-order chi connectivity index (χ0) is 71.4. The lowest BCUT2D eigenvalue weighted by Crippen LogP contribution is -2.37. The molecule has 9 atom stereocenters. The number of halogens is 11. The number of hydrogen-bond donors (Lipinski definition) is 0. The first-order valence-electron chi connectivity index (χ1n) is 32.8. The first-order chi connectivity index (χ1) is 48.2. The summed E-state index contributed by atoms with van der Waals surface area (Å²) in [6, 6.07) is 9.18. The Morgan fingerprint density at radius 2 is 0.851 bits per heavy atom. The Kier molecular flexibility index (Phi) is 19.0. The number of alkyl halides is 9. The van der Waals surface area contributed by atoms with Crippen LogP contribution in [0.2, 0.25) is 0 Å². The minimum absolute atomic E-state index is 0.0152. The molecule has 0 spiro atoms. The van der Waals surface area contributed by atoms with Crippen LogP contribution in [0.5, 0.6) is 0 Å². The van der Waals surface area contributed by atoms with Gasteiger partial charge in [0.25, 0.3) is 17.7 Å². The van der Waals surface area contributed by atoms with Gasteiger partial charge in [-0.1, -0.05) is 12.1 Å². The maximum Gasteiger partial charge on any atom is 0.434 e. The second-order valence-electron chi connectivity index (χ2n) is 26.3. The van der Waals surface area contributed by atoms with E-state index in [-0.39, 0.29) is 99.9 Å². The summed E-state index contributed by atoms with van der Waals surface area (Å²) in [5.41, 5.74) is 2.72. The number of hydrogen-bond acceptors (Lipinski definition) is 16. The van der Waals surface area contributed by atoms with E-state index in [9.17, 15) is 62.7 Å². The highest BCUT2D eigenvalue weighted by molar-refractivity contribution is 6.03. The molecule has 6 bridgehead atoms. The molecule has 6 aliphatic heterocycles. The molecule has 101 heavy (non-hydrogen) atoms. The van der Waals surface area contributed by atoms with Crippen LogP contribution in [-0.2, 0) is 37.8 Å². The highest BCUT2D eigenvalue weighted by Crippen LogP contribution is 2.48. The predicted molar refractivity (Wildman–Crippen MR) is 338 cm³/mol. The fraction of sp³-hybridized carbons (Fsp3) is 0.400. The van der Waals surface area contributed by atoms with E-state index in [4.69, 9.17) is 0 Å². The van der Waals surface area contributed by atoms with E-state index in [1.807, 2.05) is 23.6 Å². The molecule has 0 saturated carbocycles. The van der Waals surface area contributed by atoms with Crippen molar-refractivity contribution < 1.29 is 62.7 Å². The molecule has 20 nitrogen and oxygen atoms in total. The number of fused-ring (bicyclic) bond motifs is 6. The summed E-state index contributed by atoms with van der Waals surface area (Å²) in [5, 5.41) is 8.01. The van der Waals surface area contributed by atoms with Crippen molar-refractivity contribution in [2.24, 2.45) is 17.8 Å². The lowest BCUT2D eigenvalue weighted by Gasteiger charge is -2.26. The van der Waals surface area contributed by atoms with Gasteiger partial charge >= 0.3 is 18.5 Å². The maximum atomic E-state index is 15.0. The highest BCUT2D eigenvalue weighted by atomic mass is 19.4. The van der Waals surface area contributed by atoms with Crippen LogP contribution in [0, 0.1) is 57.1 Å². The number of amides is 3. The number of rotatable bonds is 12. The summed E-state index contributed by atoms with van der Waals surface area (Å²) in [6.45, 7) is 7.23. The Labute approximate surface area is 570 Å². The Morgan fingerprint density at radius 3 is 1.28 bits per heavy atom. The van der Waals surface area contributed by atoms with Crippen molar-refractivity contribution in [3.63, 3.8) is 0 Å². The van der Waals surface area contributed by atoms with E-state index in [1.165, 1.54) is 37.1 Å². The number of carbonyl (C=O) groups is 3. The average molecular weight is 1400 g/mol. The number of nitrogens with zero attached hydrogens (tertiary/aromatic N) is 17. The normalized spacial score (nSPS) is 21.9. The van der Waals surface area contributed by atoms with Gasteiger partial charge in [0.15, 0.2) is 34.5 Å². The van der Waals surface area contributed by atoms with Gasteiger partial charge < -0.3 is 14.7 Å². The fourth-order valence-electron chi connectivity index (χ4n) is 15.5. The first-order valence-corrected chi connectivity index (χ1v) is 32.8. The summed E-state index contributed by atoms with van der Waals surface area (Å²) in [5.74, 6) is -1.04. The molecular weight excluding hydrogens is 1340 g/mol.